The zero-order valence-electron chi connectivity index (χ0n) is 55.2. The molecule has 548 valence electrons. The van der Waals surface area contributed by atoms with E-state index in [0.29, 0.717) is 12.0 Å². The molecule has 4 aliphatic rings. The van der Waals surface area contributed by atoms with E-state index in [-0.39, 0.29) is 84.2 Å². The topological polar surface area (TPSA) is 476 Å². The quantitative estimate of drug-likeness (QED) is 0.125. The number of carbonyl (C=O) groups excluding carboxylic acids is 14. The Morgan fingerprint density at radius 3 is 1.79 bits per heavy atom. The molecule has 0 aliphatic carbocycles. The minimum absolute atomic E-state index is 0.0388. The summed E-state index contributed by atoms with van der Waals surface area (Å²) in [4.78, 5) is 215. The summed E-state index contributed by atoms with van der Waals surface area (Å²) >= 11 is 0. The van der Waals surface area contributed by atoms with E-state index in [9.17, 15) is 82.8 Å². The molecule has 6 rings (SSSR count). The number of benzene rings is 2. The van der Waals surface area contributed by atoms with Gasteiger partial charge in [-0.05, 0) is 97.1 Å². The Labute approximate surface area is 605 Å². The molecule has 1 unspecified atom stereocenters. The molecule has 4 saturated heterocycles. The molecule has 2 aromatic carbocycles. The number of aliphatic carboxylic acids is 1. The zero-order valence-corrected chi connectivity index (χ0v) is 60.9. The van der Waals surface area contributed by atoms with Crippen molar-refractivity contribution in [3.63, 3.8) is 0 Å². The number of carboxylic acids is 1. The number of nitrogens with one attached hydrogen (secondary N) is 7. The second-order valence-electron chi connectivity index (χ2n) is 25.1. The number of ketones is 5. The molecule has 4 fully saturated rings. The Hall–Kier alpha value is -6.54. The van der Waals surface area contributed by atoms with Gasteiger partial charge in [0.2, 0.25) is 53.2 Å². The molecule has 2 aromatic rings. The lowest BCUT2D eigenvalue weighted by Crippen LogP contribution is -2.60. The average Bonchev–Trinajstić information content (AvgIpc) is 1.61. The number of nitrogens with zero attached hydrogens (tertiary/aromatic N) is 1. The predicted octanol–water partition coefficient (Wildman–Crippen LogP) is 1.24. The van der Waals surface area contributed by atoms with Crippen LogP contribution in [0.1, 0.15) is 103 Å². The largest absolute Gasteiger partial charge is 0.508 e. The summed E-state index contributed by atoms with van der Waals surface area (Å²) in [6.45, 7) is 4.27. The predicted molar refractivity (Wildman–Crippen MR) is 383 cm³/mol. The number of phenols is 2. The third kappa shape index (κ3) is 26.7. The van der Waals surface area contributed by atoms with Gasteiger partial charge in [-0.15, -0.1) is 0 Å². The summed E-state index contributed by atoms with van der Waals surface area (Å²) in [7, 11) is 6.83. The van der Waals surface area contributed by atoms with E-state index in [4.69, 9.17) is 11.5 Å². The van der Waals surface area contributed by atoms with E-state index < -0.39 is 218 Å². The van der Waals surface area contributed by atoms with Gasteiger partial charge in [0.1, 0.15) is 41.7 Å². The van der Waals surface area contributed by atoms with Gasteiger partial charge in [0.25, 0.3) is 0 Å². The van der Waals surface area contributed by atoms with Crippen LogP contribution in [0.2, 0.25) is 0 Å². The summed E-state index contributed by atoms with van der Waals surface area (Å²) in [5.74, 6) is -19.5. The number of hydrogen-bond acceptors (Lipinski definition) is 26. The van der Waals surface area contributed by atoms with Crippen LogP contribution >= 0.6 is 74.6 Å². The van der Waals surface area contributed by atoms with Crippen molar-refractivity contribution in [2.24, 2.45) is 35.1 Å². The normalized spacial score (nSPS) is 28.0. The molecule has 9 amide bonds. The first-order valence-electron chi connectivity index (χ1n) is 32.4. The Kier molecular flexibility index (Phi) is 33.7. The number of Topliss-reactive ketones (excluding diaryl/α,β-unsaturated/α-hetero) is 5. The summed E-state index contributed by atoms with van der Waals surface area (Å²) in [5, 5.41) is 59.4. The van der Waals surface area contributed by atoms with Crippen molar-refractivity contribution in [1.82, 2.24) is 42.1 Å². The summed E-state index contributed by atoms with van der Waals surface area (Å²) < 4.78 is 0. The van der Waals surface area contributed by atoms with E-state index in [2.05, 4.69) is 37.2 Å². The number of aromatic hydroxyl groups is 2. The molecule has 29 nitrogen and oxygen atoms in total. The van der Waals surface area contributed by atoms with Crippen molar-refractivity contribution in [2.75, 3.05) is 41.1 Å². The van der Waals surface area contributed by atoms with Gasteiger partial charge >= 0.3 is 5.97 Å². The molecule has 0 saturated carbocycles. The number of nitrogens with two attached hydrogens (primary N) is 2. The number of amides is 9. The summed E-state index contributed by atoms with van der Waals surface area (Å²) in [5.41, 5.74) is 13.4. The highest BCUT2D eigenvalue weighted by molar-refractivity contribution is 9.09. The highest BCUT2D eigenvalue weighted by Gasteiger charge is 2.42. The number of primary amides is 1. The first-order valence-corrected chi connectivity index (χ1v) is 41.2. The monoisotopic (exact) mass is 1520 g/mol. The second kappa shape index (κ2) is 40.9. The van der Waals surface area contributed by atoms with E-state index >= 15 is 9.59 Å². The number of carboxylic acid groups (broad SMARTS) is 1. The highest BCUT2D eigenvalue weighted by Crippen LogP contribution is 2.37. The second-order valence-corrected chi connectivity index (χ2v) is 34.5. The molecule has 4 aliphatic heterocycles. The zero-order chi connectivity index (χ0) is 73.3. The van der Waals surface area contributed by atoms with E-state index in [1.807, 2.05) is 6.92 Å². The molecule has 4 heterocycles. The number of aliphatic hydroxyl groups is 1. The van der Waals surface area contributed by atoms with Gasteiger partial charge in [0, 0.05) is 91.9 Å². The first-order chi connectivity index (χ1) is 47.5. The highest BCUT2D eigenvalue weighted by atomic mass is 33.5. The number of carbonyl (C=O) groups is 15. The summed E-state index contributed by atoms with van der Waals surface area (Å²) in [6, 6.07) is -1.56. The van der Waals surface area contributed by atoms with Crippen molar-refractivity contribution in [2.45, 2.75) is 165 Å². The maximum absolute atomic E-state index is 15.1. The van der Waals surface area contributed by atoms with Gasteiger partial charge in [-0.1, -0.05) is 96.0 Å². The molecule has 0 spiro atoms. The van der Waals surface area contributed by atoms with Crippen LogP contribution in [0, 0.1) is 23.7 Å². The number of phenolic OH excluding ortho intramolecular Hbond substituents is 2. The van der Waals surface area contributed by atoms with Gasteiger partial charge in [-0.2, -0.15) is 0 Å². The maximum Gasteiger partial charge on any atom is 0.303 e. The maximum atomic E-state index is 15.1. The van der Waals surface area contributed by atoms with Crippen LogP contribution in [0.15, 0.2) is 48.5 Å². The van der Waals surface area contributed by atoms with Gasteiger partial charge < -0.3 is 74.0 Å². The molecule has 14 atom stereocenters. The molecule has 0 aromatic heterocycles. The molecule has 15 N–H and O–H groups in total. The van der Waals surface area contributed by atoms with Crippen LogP contribution < -0.4 is 48.7 Å². The third-order valence-electron chi connectivity index (χ3n) is 16.9. The Balaban J connectivity index is 1.53. The smallest absolute Gasteiger partial charge is 0.303 e. The molecule has 100 heavy (non-hydrogen) atoms. The lowest BCUT2D eigenvalue weighted by molar-refractivity contribution is -0.143. The minimum Gasteiger partial charge on any atom is -0.508 e. The fourth-order valence-electron chi connectivity index (χ4n) is 11.2. The van der Waals surface area contributed by atoms with Crippen LogP contribution in [0.3, 0.4) is 0 Å². The van der Waals surface area contributed by atoms with E-state index in [1.165, 1.54) is 50.2 Å². The van der Waals surface area contributed by atoms with Crippen molar-refractivity contribution in [1.29, 1.82) is 0 Å². The number of aliphatic hydroxyl groups excluding tert-OH is 1. The van der Waals surface area contributed by atoms with Gasteiger partial charge in [-0.25, -0.2) is 0 Å². The van der Waals surface area contributed by atoms with Gasteiger partial charge in [0.15, 0.2) is 28.9 Å². The fraction of sp³-hybridized carbons (Fsp3) is 0.578. The number of rotatable bonds is 13. The van der Waals surface area contributed by atoms with Crippen molar-refractivity contribution in [3.05, 3.63) is 59.7 Å². The Bertz CT molecular complexity index is 3300. The van der Waals surface area contributed by atoms with Crippen LogP contribution in [-0.2, 0) is 84.8 Å². The lowest BCUT2D eigenvalue weighted by atomic mass is 9.89. The molecular formula is C64H86N10O19S7. The van der Waals surface area contributed by atoms with Crippen LogP contribution in [-0.4, -0.2) is 215 Å². The van der Waals surface area contributed by atoms with Crippen molar-refractivity contribution < 1.29 is 92.3 Å². The molecule has 4 bridgehead atoms. The first kappa shape index (κ1) is 82.4. The minimum atomic E-state index is -1.77. The van der Waals surface area contributed by atoms with E-state index in [0.717, 1.165) is 85.1 Å². The standard InChI is InChI=1S/C64H86N10O19S7/c1-32(19-35-6-10-40(76)11-7-35)20-52(81)45-29-98-100-99-31-47-62(91)72-46-30-97-96-28-42(65)51(80)24-39(59(88)69-43(14-17-56(85)86)53(82)22-37(58(87)71-47)21-36-8-12-41(77)13-9-36)27-95-94-26-38(60(89)73-57(34(3)75)49(78)15-16-55(84)68-45)23-50(79)33(2)67-63(92)48-5-4-18-74(48)64(93)44(25-54(66)83)70-61(46)90/h6-13,32-34,37-39,42-48,57,75-77H,4-5,14-31,65H2,1-3H3,(H2,66,83)(H,67,92)(H,68,84)(H,69,88)(H,70,90)(H,71,87)(H,72,91)(H,73,89)(H,85,86)/t32-,33+,34+,37-,38+,39+,42+,43+,44+,45+,46+,47+,48?,57+/m1/s1. The lowest BCUT2D eigenvalue weighted by Gasteiger charge is -2.30. The summed E-state index contributed by atoms with van der Waals surface area (Å²) in [6.07, 6.45) is -6.27. The van der Waals surface area contributed by atoms with Gasteiger partial charge in [-0.3, -0.25) is 71.9 Å². The molecular weight excluding hydrogens is 1440 g/mol. The SMILES string of the molecule is C[C@@H](CC(=O)[C@@H]1CSSSC[C@@H]2NC(=O)[C@H](Cc3ccc(O)cc3)CC(=O)[C@H](CCC(=O)O)NC(=O)[C@@H]3CSSC[C@H](CC(=O)[C@H](C)NC(=O)C4CCCN4C(=O)[C@H](CC(N)=O)NC(=O)[C@H](CSSC[C@H](N)C(=O)C3)NC2=O)C(=O)N[C@@H]([C@H](C)O)C(=O)CCC(=O)N1)Cc1ccc(O)cc1. The Morgan fingerprint density at radius 2 is 1.16 bits per heavy atom. The Morgan fingerprint density at radius 1 is 0.600 bits per heavy atom. The third-order valence-corrected chi connectivity index (χ3v) is 26.1. The fourth-order valence-corrected chi connectivity index (χ4v) is 20.1. The average molecular weight is 1520 g/mol. The van der Waals surface area contributed by atoms with E-state index in [1.54, 1.807) is 12.1 Å². The number of fused-ring (bicyclic) bond motifs is 20. The number of hydrogen-bond donors (Lipinski definition) is 13. The van der Waals surface area contributed by atoms with Crippen molar-refractivity contribution in [3.8, 4) is 11.5 Å². The molecule has 0 radical (unpaired) electrons. The van der Waals surface area contributed by atoms with Crippen molar-refractivity contribution >= 4 is 163 Å². The van der Waals surface area contributed by atoms with Crippen LogP contribution in [0.25, 0.3) is 0 Å². The van der Waals surface area contributed by atoms with Crippen LogP contribution in [0.4, 0.5) is 0 Å². The van der Waals surface area contributed by atoms with Crippen LogP contribution in [0.5, 0.6) is 11.5 Å². The molecule has 36 heteroatoms. The van der Waals surface area contributed by atoms with Gasteiger partial charge in [0.05, 0.1) is 48.5 Å².